The van der Waals surface area contributed by atoms with E-state index in [1.54, 1.807) is 0 Å². The van der Waals surface area contributed by atoms with Gasteiger partial charge in [-0.2, -0.15) is 0 Å². The first-order valence-electron chi connectivity index (χ1n) is 6.67. The van der Waals surface area contributed by atoms with E-state index >= 15 is 0 Å². The maximum Gasteiger partial charge on any atom is 0.246 e. The highest BCUT2D eigenvalue weighted by Gasteiger charge is 2.44. The quantitative estimate of drug-likeness (QED) is 0.805. The average Bonchev–Trinajstić information content (AvgIpc) is 2.24. The first kappa shape index (κ1) is 12.4. The Balaban J connectivity index is 2.10. The minimum absolute atomic E-state index is 0.00241. The van der Waals surface area contributed by atoms with E-state index in [0.717, 1.165) is 25.7 Å². The van der Waals surface area contributed by atoms with Crippen molar-refractivity contribution in [3.05, 3.63) is 0 Å². The number of nitrogens with zero attached hydrogens (tertiary/aromatic N) is 1. The van der Waals surface area contributed by atoms with Gasteiger partial charge in [0.25, 0.3) is 0 Å². The van der Waals surface area contributed by atoms with Gasteiger partial charge in [0.1, 0.15) is 12.1 Å². The Morgan fingerprint density at radius 1 is 1.29 bits per heavy atom. The van der Waals surface area contributed by atoms with Crippen LogP contribution in [0.2, 0.25) is 0 Å². The van der Waals surface area contributed by atoms with Crippen LogP contribution < -0.4 is 5.32 Å². The summed E-state index contributed by atoms with van der Waals surface area (Å²) in [5.74, 6) is 0.813. The van der Waals surface area contributed by atoms with Gasteiger partial charge in [0.15, 0.2) is 0 Å². The third-order valence-corrected chi connectivity index (χ3v) is 3.99. The number of amides is 2. The fraction of sp³-hybridized carbons (Fsp3) is 0.846. The molecule has 1 aliphatic heterocycles. The van der Waals surface area contributed by atoms with Crippen LogP contribution in [0.4, 0.5) is 0 Å². The van der Waals surface area contributed by atoms with Crippen molar-refractivity contribution < 1.29 is 9.59 Å². The topological polar surface area (TPSA) is 49.4 Å². The summed E-state index contributed by atoms with van der Waals surface area (Å²) < 4.78 is 0. The van der Waals surface area contributed by atoms with Gasteiger partial charge in [-0.1, -0.05) is 20.3 Å². The first-order chi connectivity index (χ1) is 8.04. The molecule has 2 amide bonds. The molecule has 1 aliphatic carbocycles. The van der Waals surface area contributed by atoms with Gasteiger partial charge in [0.05, 0.1) is 0 Å². The van der Waals surface area contributed by atoms with Crippen molar-refractivity contribution in [3.8, 4) is 0 Å². The van der Waals surface area contributed by atoms with Gasteiger partial charge >= 0.3 is 0 Å². The molecule has 1 saturated heterocycles. The van der Waals surface area contributed by atoms with Crippen molar-refractivity contribution in [3.63, 3.8) is 0 Å². The van der Waals surface area contributed by atoms with Gasteiger partial charge in [-0.25, -0.2) is 0 Å². The molecule has 2 fully saturated rings. The minimum atomic E-state index is -0.298. The third kappa shape index (κ3) is 2.17. The van der Waals surface area contributed by atoms with E-state index in [4.69, 9.17) is 0 Å². The Kier molecular flexibility index (Phi) is 3.40. The van der Waals surface area contributed by atoms with Gasteiger partial charge in [-0.05, 0) is 32.1 Å². The van der Waals surface area contributed by atoms with Crippen LogP contribution in [-0.4, -0.2) is 34.8 Å². The lowest BCUT2D eigenvalue weighted by atomic mass is 9.79. The normalized spacial score (nSPS) is 37.7. The zero-order chi connectivity index (χ0) is 12.6. The molecule has 17 heavy (non-hydrogen) atoms. The summed E-state index contributed by atoms with van der Waals surface area (Å²) in [6, 6.07) is -0.300. The monoisotopic (exact) mass is 238 g/mol. The van der Waals surface area contributed by atoms with E-state index in [0.29, 0.717) is 5.92 Å². The molecule has 1 N–H and O–H groups in total. The van der Waals surface area contributed by atoms with Crippen molar-refractivity contribution in [2.24, 2.45) is 5.92 Å². The second-order valence-corrected chi connectivity index (χ2v) is 5.50. The largest absolute Gasteiger partial charge is 0.343 e. The predicted octanol–water partition coefficient (Wildman–Crippen LogP) is 1.30. The van der Waals surface area contributed by atoms with Crippen LogP contribution in [0, 0.1) is 5.92 Å². The number of hydrogen-bond acceptors (Lipinski definition) is 2. The maximum atomic E-state index is 12.3. The van der Waals surface area contributed by atoms with Crippen LogP contribution >= 0.6 is 0 Å². The molecule has 0 aromatic heterocycles. The van der Waals surface area contributed by atoms with Crippen LogP contribution in [0.25, 0.3) is 0 Å². The number of rotatable bonds is 3. The summed E-state index contributed by atoms with van der Waals surface area (Å²) >= 11 is 0. The van der Waals surface area contributed by atoms with Crippen molar-refractivity contribution in [2.75, 3.05) is 0 Å². The van der Waals surface area contributed by atoms with E-state index in [-0.39, 0.29) is 29.9 Å². The molecule has 96 valence electrons. The summed E-state index contributed by atoms with van der Waals surface area (Å²) in [4.78, 5) is 26.0. The molecule has 0 spiro atoms. The highest BCUT2D eigenvalue weighted by molar-refractivity contribution is 5.96. The third-order valence-electron chi connectivity index (χ3n) is 3.99. The van der Waals surface area contributed by atoms with Gasteiger partial charge in [-0.15, -0.1) is 0 Å². The van der Waals surface area contributed by atoms with Crippen LogP contribution in [-0.2, 0) is 9.59 Å². The molecule has 4 heteroatoms. The van der Waals surface area contributed by atoms with Crippen LogP contribution in [0.5, 0.6) is 0 Å². The Morgan fingerprint density at radius 2 is 1.94 bits per heavy atom. The molecule has 0 aromatic carbocycles. The molecule has 0 radical (unpaired) electrons. The highest BCUT2D eigenvalue weighted by Crippen LogP contribution is 2.34. The second kappa shape index (κ2) is 4.67. The number of hydrogen-bond donors (Lipinski definition) is 1. The molecule has 2 rings (SSSR count). The fourth-order valence-corrected chi connectivity index (χ4v) is 2.92. The van der Waals surface area contributed by atoms with Crippen molar-refractivity contribution >= 4 is 11.8 Å². The van der Waals surface area contributed by atoms with Gasteiger partial charge in [-0.3, -0.25) is 9.59 Å². The molecule has 0 aromatic rings. The zero-order valence-electron chi connectivity index (χ0n) is 10.9. The van der Waals surface area contributed by atoms with Crippen molar-refractivity contribution in [1.29, 1.82) is 0 Å². The standard InChI is InChI=1S/C13H22N2O2/c1-4-5-11-13(17)15(9(3)12(16)14-11)10-6-8(2)7-10/h8-11H,4-7H2,1-3H3,(H,14,16). The molecule has 1 heterocycles. The average molecular weight is 238 g/mol. The number of carbonyl (C=O) groups is 2. The maximum absolute atomic E-state index is 12.3. The Labute approximate surface area is 103 Å². The molecule has 1 saturated carbocycles. The van der Waals surface area contributed by atoms with E-state index in [9.17, 15) is 9.59 Å². The second-order valence-electron chi connectivity index (χ2n) is 5.50. The predicted molar refractivity (Wildman–Crippen MR) is 65.3 cm³/mol. The van der Waals surface area contributed by atoms with E-state index in [1.165, 1.54) is 0 Å². The minimum Gasteiger partial charge on any atom is -0.343 e. The van der Waals surface area contributed by atoms with Crippen molar-refractivity contribution in [2.45, 2.75) is 64.6 Å². The fourth-order valence-electron chi connectivity index (χ4n) is 2.92. The van der Waals surface area contributed by atoms with Crippen LogP contribution in [0.3, 0.4) is 0 Å². The lowest BCUT2D eigenvalue weighted by molar-refractivity contribution is -0.154. The van der Waals surface area contributed by atoms with Crippen LogP contribution in [0.1, 0.15) is 46.5 Å². The lowest BCUT2D eigenvalue weighted by Crippen LogP contribution is -2.66. The summed E-state index contributed by atoms with van der Waals surface area (Å²) in [7, 11) is 0. The molecule has 4 nitrogen and oxygen atoms in total. The van der Waals surface area contributed by atoms with Crippen molar-refractivity contribution in [1.82, 2.24) is 10.2 Å². The molecule has 0 bridgehead atoms. The van der Waals surface area contributed by atoms with E-state index in [1.807, 2.05) is 18.7 Å². The number of nitrogens with one attached hydrogen (secondary N) is 1. The summed E-state index contributed by atoms with van der Waals surface area (Å²) in [6.07, 6.45) is 3.75. The van der Waals surface area contributed by atoms with Crippen LogP contribution in [0.15, 0.2) is 0 Å². The van der Waals surface area contributed by atoms with Gasteiger partial charge < -0.3 is 10.2 Å². The summed E-state index contributed by atoms with van der Waals surface area (Å²) in [5, 5.41) is 2.83. The highest BCUT2D eigenvalue weighted by atomic mass is 16.2. The molecule has 2 aliphatic rings. The Bertz CT molecular complexity index is 323. The summed E-state index contributed by atoms with van der Waals surface area (Å²) in [6.45, 7) is 6.06. The number of piperazine rings is 1. The Hall–Kier alpha value is -1.06. The zero-order valence-corrected chi connectivity index (χ0v) is 10.9. The van der Waals surface area contributed by atoms with Gasteiger partial charge in [0, 0.05) is 6.04 Å². The Morgan fingerprint density at radius 3 is 2.47 bits per heavy atom. The molecular weight excluding hydrogens is 216 g/mol. The lowest BCUT2D eigenvalue weighted by Gasteiger charge is -2.47. The molecule has 2 atom stereocenters. The van der Waals surface area contributed by atoms with E-state index < -0.39 is 0 Å². The van der Waals surface area contributed by atoms with E-state index in [2.05, 4.69) is 12.2 Å². The summed E-state index contributed by atoms with van der Waals surface area (Å²) in [5.41, 5.74) is 0. The van der Waals surface area contributed by atoms with Gasteiger partial charge in [0.2, 0.25) is 11.8 Å². The smallest absolute Gasteiger partial charge is 0.246 e. The molecule has 2 unspecified atom stereocenters. The molecular formula is C13H22N2O2. The SMILES string of the molecule is CCCC1NC(=O)C(C)N(C2CC(C)C2)C1=O. The first-order valence-corrected chi connectivity index (χ1v) is 6.67. The number of carbonyl (C=O) groups excluding carboxylic acids is 2.